The third kappa shape index (κ3) is 5.49. The Balaban J connectivity index is 2.66. The number of hydrogen-bond acceptors (Lipinski definition) is 3. The predicted molar refractivity (Wildman–Crippen MR) is 94.8 cm³/mol. The lowest BCUT2D eigenvalue weighted by Gasteiger charge is -2.20. The van der Waals surface area contributed by atoms with Gasteiger partial charge in [0.25, 0.3) is 5.79 Å². The molecule has 4 atom stereocenters. The minimum absolute atomic E-state index is 0.338. The van der Waals surface area contributed by atoms with Gasteiger partial charge in [0.05, 0.1) is 0 Å². The lowest BCUT2D eigenvalue weighted by atomic mass is 9.87. The largest absolute Gasteiger partial charge is 0.454 e. The maximum absolute atomic E-state index is 11.9. The molecule has 0 saturated heterocycles. The molecule has 0 bridgehead atoms. The van der Waals surface area contributed by atoms with Crippen LogP contribution in [-0.4, -0.2) is 16.7 Å². The van der Waals surface area contributed by atoms with Gasteiger partial charge in [-0.25, -0.2) is 0 Å². The van der Waals surface area contributed by atoms with Crippen molar-refractivity contribution in [1.29, 1.82) is 0 Å². The maximum atomic E-state index is 11.9. The van der Waals surface area contributed by atoms with E-state index in [1.807, 2.05) is 6.92 Å². The van der Waals surface area contributed by atoms with Crippen LogP contribution in [0.3, 0.4) is 0 Å². The van der Waals surface area contributed by atoms with Crippen LogP contribution >= 0.6 is 0 Å². The van der Waals surface area contributed by atoms with Gasteiger partial charge in [0.2, 0.25) is 5.78 Å². The quantitative estimate of drug-likeness (QED) is 0.684. The molecule has 1 aliphatic rings. The van der Waals surface area contributed by atoms with Crippen LogP contribution in [0.15, 0.2) is 23.0 Å². The molecule has 0 radical (unpaired) electrons. The zero-order valence-electron chi connectivity index (χ0n) is 15.9. The molecule has 0 aliphatic carbocycles. The standard InChI is InChI=1S/C20H34O3/c1-8-9-13(2)10-14(3)11-15(4)12-16(5)18-17(6)19(21)20(7,22)23-18/h12-15,22H,8-11H2,1-7H3/b16-12-/t13-,14-,15+,20?/m0/s1. The molecule has 132 valence electrons. The number of ether oxygens (including phenoxy) is 1. The first-order chi connectivity index (χ1) is 10.6. The Morgan fingerprint density at radius 3 is 2.35 bits per heavy atom. The minimum atomic E-state index is -1.71. The molecule has 0 saturated carbocycles. The Morgan fingerprint density at radius 2 is 1.87 bits per heavy atom. The molecule has 1 heterocycles. The predicted octanol–water partition coefficient (Wildman–Crippen LogP) is 5.00. The van der Waals surface area contributed by atoms with Crippen molar-refractivity contribution in [2.45, 2.75) is 79.9 Å². The number of Topliss-reactive ketones (excluding diaryl/α,β-unsaturated/α-hetero) is 1. The van der Waals surface area contributed by atoms with Crippen LogP contribution in [0.5, 0.6) is 0 Å². The van der Waals surface area contributed by atoms with Crippen LogP contribution in [-0.2, 0) is 9.53 Å². The first kappa shape index (κ1) is 20.0. The molecule has 1 rings (SSSR count). The van der Waals surface area contributed by atoms with Crippen LogP contribution in [0.25, 0.3) is 0 Å². The molecular weight excluding hydrogens is 288 g/mol. The molecule has 3 heteroatoms. The Labute approximate surface area is 141 Å². The van der Waals surface area contributed by atoms with Crippen LogP contribution in [0.4, 0.5) is 0 Å². The number of hydrogen-bond donors (Lipinski definition) is 1. The van der Waals surface area contributed by atoms with Crippen molar-refractivity contribution < 1.29 is 14.6 Å². The van der Waals surface area contributed by atoms with E-state index in [9.17, 15) is 9.90 Å². The topological polar surface area (TPSA) is 46.5 Å². The summed E-state index contributed by atoms with van der Waals surface area (Å²) in [6.45, 7) is 14.2. The summed E-state index contributed by atoms with van der Waals surface area (Å²) >= 11 is 0. The zero-order valence-corrected chi connectivity index (χ0v) is 15.9. The van der Waals surface area contributed by atoms with Gasteiger partial charge in [-0.05, 0) is 50.0 Å². The molecule has 3 nitrogen and oxygen atoms in total. The molecule has 23 heavy (non-hydrogen) atoms. The molecule has 1 unspecified atom stereocenters. The number of aliphatic hydroxyl groups is 1. The summed E-state index contributed by atoms with van der Waals surface area (Å²) in [5, 5.41) is 9.94. The van der Waals surface area contributed by atoms with Crippen molar-refractivity contribution >= 4 is 5.78 Å². The summed E-state index contributed by atoms with van der Waals surface area (Å²) in [6.07, 6.45) is 7.10. The van der Waals surface area contributed by atoms with Gasteiger partial charge >= 0.3 is 0 Å². The summed E-state index contributed by atoms with van der Waals surface area (Å²) in [5.41, 5.74) is 1.45. The van der Waals surface area contributed by atoms with Gasteiger partial charge in [0, 0.05) is 12.5 Å². The molecule has 0 amide bonds. The highest BCUT2D eigenvalue weighted by Crippen LogP contribution is 2.33. The van der Waals surface area contributed by atoms with Gasteiger partial charge < -0.3 is 9.84 Å². The van der Waals surface area contributed by atoms with Crippen molar-refractivity contribution in [2.75, 3.05) is 0 Å². The van der Waals surface area contributed by atoms with Crippen molar-refractivity contribution in [3.63, 3.8) is 0 Å². The third-order valence-corrected chi connectivity index (χ3v) is 4.66. The summed E-state index contributed by atoms with van der Waals surface area (Å²) in [7, 11) is 0. The number of rotatable bonds is 8. The molecular formula is C20H34O3. The highest BCUT2D eigenvalue weighted by atomic mass is 16.6. The summed E-state index contributed by atoms with van der Waals surface area (Å²) < 4.78 is 5.45. The first-order valence-electron chi connectivity index (χ1n) is 8.94. The van der Waals surface area contributed by atoms with Gasteiger partial charge in [-0.3, -0.25) is 4.79 Å². The smallest absolute Gasteiger partial charge is 0.269 e. The van der Waals surface area contributed by atoms with E-state index in [4.69, 9.17) is 4.74 Å². The second kappa shape index (κ2) is 8.14. The Morgan fingerprint density at radius 1 is 1.26 bits per heavy atom. The summed E-state index contributed by atoms with van der Waals surface area (Å²) in [4.78, 5) is 11.9. The molecule has 0 aromatic carbocycles. The SMILES string of the molecule is CCC[C@H](C)C[C@H](C)C[C@@H](C)/C=C(/C)C1=C(C)C(=O)C(C)(O)O1. The normalized spacial score (nSPS) is 26.3. The van der Waals surface area contributed by atoms with Crippen LogP contribution in [0.1, 0.15) is 74.1 Å². The van der Waals surface area contributed by atoms with Crippen molar-refractivity contribution in [3.05, 3.63) is 23.0 Å². The Kier molecular flexibility index (Phi) is 7.06. The van der Waals surface area contributed by atoms with Gasteiger partial charge in [0.15, 0.2) is 0 Å². The molecule has 0 fully saturated rings. The highest BCUT2D eigenvalue weighted by Gasteiger charge is 2.42. The summed E-state index contributed by atoms with van der Waals surface area (Å²) in [6, 6.07) is 0. The fourth-order valence-corrected chi connectivity index (χ4v) is 3.75. The van der Waals surface area contributed by atoms with E-state index < -0.39 is 5.79 Å². The second-order valence-corrected chi connectivity index (χ2v) is 7.67. The lowest BCUT2D eigenvalue weighted by Crippen LogP contribution is -2.32. The average molecular weight is 322 g/mol. The Hall–Kier alpha value is -1.09. The first-order valence-corrected chi connectivity index (χ1v) is 8.94. The highest BCUT2D eigenvalue weighted by molar-refractivity contribution is 6.03. The number of ketones is 1. The van der Waals surface area contributed by atoms with Gasteiger partial charge in [0.1, 0.15) is 5.76 Å². The fourth-order valence-electron chi connectivity index (χ4n) is 3.75. The molecule has 0 aromatic heterocycles. The molecule has 1 aliphatic heterocycles. The van der Waals surface area contributed by atoms with Crippen molar-refractivity contribution in [1.82, 2.24) is 0 Å². The van der Waals surface area contributed by atoms with E-state index in [0.29, 0.717) is 23.2 Å². The fraction of sp³-hybridized carbons (Fsp3) is 0.750. The van der Waals surface area contributed by atoms with E-state index in [-0.39, 0.29) is 5.78 Å². The number of carbonyl (C=O) groups is 1. The summed E-state index contributed by atoms with van der Waals surface area (Å²) in [5.74, 6) is 0.376. The van der Waals surface area contributed by atoms with Crippen molar-refractivity contribution in [3.8, 4) is 0 Å². The maximum Gasteiger partial charge on any atom is 0.269 e. The van der Waals surface area contributed by atoms with Crippen LogP contribution in [0, 0.1) is 17.8 Å². The zero-order chi connectivity index (χ0) is 17.8. The van der Waals surface area contributed by atoms with E-state index in [1.165, 1.54) is 26.2 Å². The molecule has 0 aromatic rings. The third-order valence-electron chi connectivity index (χ3n) is 4.66. The number of carbonyl (C=O) groups excluding carboxylic acids is 1. The molecule has 0 spiro atoms. The van der Waals surface area contributed by atoms with Gasteiger partial charge in [-0.15, -0.1) is 0 Å². The molecule has 1 N–H and O–H groups in total. The van der Waals surface area contributed by atoms with Crippen LogP contribution < -0.4 is 0 Å². The van der Waals surface area contributed by atoms with Gasteiger partial charge in [-0.2, -0.15) is 0 Å². The van der Waals surface area contributed by atoms with Crippen molar-refractivity contribution in [2.24, 2.45) is 17.8 Å². The van der Waals surface area contributed by atoms with E-state index in [2.05, 4.69) is 33.8 Å². The van der Waals surface area contributed by atoms with Crippen LogP contribution in [0.2, 0.25) is 0 Å². The van der Waals surface area contributed by atoms with Gasteiger partial charge in [-0.1, -0.05) is 46.6 Å². The minimum Gasteiger partial charge on any atom is -0.454 e. The van der Waals surface area contributed by atoms with E-state index in [1.54, 1.807) is 6.92 Å². The van der Waals surface area contributed by atoms with E-state index in [0.717, 1.165) is 17.9 Å². The lowest BCUT2D eigenvalue weighted by molar-refractivity contribution is -0.169. The number of allylic oxidation sites excluding steroid dienone is 2. The van der Waals surface area contributed by atoms with E-state index >= 15 is 0 Å². The Bertz CT molecular complexity index is 485. The second-order valence-electron chi connectivity index (χ2n) is 7.67. The average Bonchev–Trinajstić information content (AvgIpc) is 2.62. The monoisotopic (exact) mass is 322 g/mol.